The minimum Gasteiger partial charge on any atom is -0.307 e. The Labute approximate surface area is 110 Å². The van der Waals surface area contributed by atoms with E-state index in [1.807, 2.05) is 12.1 Å². The van der Waals surface area contributed by atoms with E-state index in [2.05, 4.69) is 26.1 Å². The predicted octanol–water partition coefficient (Wildman–Crippen LogP) is 4.45. The van der Waals surface area contributed by atoms with Crippen LogP contribution in [0.4, 0.5) is 4.39 Å². The maximum Gasteiger partial charge on any atom is 0.123 e. The van der Waals surface area contributed by atoms with Gasteiger partial charge in [0.15, 0.2) is 0 Å². The summed E-state index contributed by atoms with van der Waals surface area (Å²) >= 11 is 0. The molecule has 1 N–H and O–H groups in total. The molecule has 0 heterocycles. The molecule has 1 atom stereocenters. The Hall–Kier alpha value is -0.890. The smallest absolute Gasteiger partial charge is 0.123 e. The highest BCUT2D eigenvalue weighted by Gasteiger charge is 2.27. The van der Waals surface area contributed by atoms with Gasteiger partial charge in [-0.3, -0.25) is 0 Å². The second-order valence-corrected chi connectivity index (χ2v) is 6.38. The zero-order valence-corrected chi connectivity index (χ0v) is 11.7. The third-order valence-corrected chi connectivity index (χ3v) is 4.19. The van der Waals surface area contributed by atoms with E-state index in [0.29, 0.717) is 17.5 Å². The van der Waals surface area contributed by atoms with E-state index in [9.17, 15) is 4.39 Å². The highest BCUT2D eigenvalue weighted by molar-refractivity contribution is 5.19. The van der Waals surface area contributed by atoms with Crippen molar-refractivity contribution in [3.8, 4) is 0 Å². The fraction of sp³-hybridized carbons (Fsp3) is 0.625. The Kier molecular flexibility index (Phi) is 4.06. The molecule has 1 aromatic carbocycles. The van der Waals surface area contributed by atoms with Crippen molar-refractivity contribution in [2.75, 3.05) is 0 Å². The lowest BCUT2D eigenvalue weighted by molar-refractivity contribution is 0.200. The summed E-state index contributed by atoms with van der Waals surface area (Å²) in [5.74, 6) is -0.162. The Morgan fingerprint density at radius 2 is 1.72 bits per heavy atom. The molecule has 0 aromatic heterocycles. The fourth-order valence-electron chi connectivity index (χ4n) is 2.77. The summed E-state index contributed by atoms with van der Waals surface area (Å²) in [7, 11) is 0. The molecule has 0 radical (unpaired) electrons. The first-order valence-electron chi connectivity index (χ1n) is 6.98. The van der Waals surface area contributed by atoms with Gasteiger partial charge in [0.25, 0.3) is 0 Å². The third kappa shape index (κ3) is 3.55. The van der Waals surface area contributed by atoms with Crippen molar-refractivity contribution in [3.63, 3.8) is 0 Å². The van der Waals surface area contributed by atoms with Crippen LogP contribution < -0.4 is 5.32 Å². The van der Waals surface area contributed by atoms with Crippen LogP contribution in [0.1, 0.15) is 58.1 Å². The molecular formula is C16H24FN. The Balaban J connectivity index is 1.88. The lowest BCUT2D eigenvalue weighted by Crippen LogP contribution is -2.37. The van der Waals surface area contributed by atoms with E-state index in [0.717, 1.165) is 0 Å². The summed E-state index contributed by atoms with van der Waals surface area (Å²) in [6.07, 6.45) is 5.08. The number of nitrogens with one attached hydrogen (secondary N) is 1. The number of benzene rings is 1. The SMILES string of the molecule is C[C@@H](NC1CCC(C)(C)CC1)c1ccc(F)cc1. The highest BCUT2D eigenvalue weighted by atomic mass is 19.1. The first kappa shape index (κ1) is 13.5. The van der Waals surface area contributed by atoms with Gasteiger partial charge < -0.3 is 5.32 Å². The van der Waals surface area contributed by atoms with Crippen molar-refractivity contribution in [1.82, 2.24) is 5.32 Å². The normalized spacial score (nSPS) is 21.8. The number of hydrogen-bond donors (Lipinski definition) is 1. The fourth-order valence-corrected chi connectivity index (χ4v) is 2.77. The van der Waals surface area contributed by atoms with Gasteiger partial charge in [0.1, 0.15) is 5.82 Å². The first-order valence-corrected chi connectivity index (χ1v) is 6.98. The molecule has 0 unspecified atom stereocenters. The first-order chi connectivity index (χ1) is 8.46. The quantitative estimate of drug-likeness (QED) is 0.834. The van der Waals surface area contributed by atoms with Gasteiger partial charge in [-0.15, -0.1) is 0 Å². The van der Waals surface area contributed by atoms with Crippen molar-refractivity contribution in [2.45, 2.75) is 58.5 Å². The predicted molar refractivity (Wildman–Crippen MR) is 74.0 cm³/mol. The van der Waals surface area contributed by atoms with Crippen molar-refractivity contribution in [1.29, 1.82) is 0 Å². The van der Waals surface area contributed by atoms with Gasteiger partial charge in [-0.25, -0.2) is 4.39 Å². The molecule has 1 fully saturated rings. The molecule has 1 aromatic rings. The highest BCUT2D eigenvalue weighted by Crippen LogP contribution is 2.35. The van der Waals surface area contributed by atoms with Crippen molar-refractivity contribution >= 4 is 0 Å². The van der Waals surface area contributed by atoms with Gasteiger partial charge in [-0.1, -0.05) is 26.0 Å². The maximum atomic E-state index is 12.9. The summed E-state index contributed by atoms with van der Waals surface area (Å²) in [6, 6.07) is 7.74. The van der Waals surface area contributed by atoms with Crippen molar-refractivity contribution in [2.24, 2.45) is 5.41 Å². The molecule has 1 saturated carbocycles. The summed E-state index contributed by atoms with van der Waals surface area (Å²) < 4.78 is 12.9. The van der Waals surface area contributed by atoms with Crippen molar-refractivity contribution < 1.29 is 4.39 Å². The molecule has 0 spiro atoms. The molecular weight excluding hydrogens is 225 g/mol. The summed E-state index contributed by atoms with van der Waals surface area (Å²) in [6.45, 7) is 6.87. The zero-order valence-electron chi connectivity index (χ0n) is 11.7. The largest absolute Gasteiger partial charge is 0.307 e. The van der Waals surface area contributed by atoms with Crippen LogP contribution in [-0.4, -0.2) is 6.04 Å². The molecule has 0 aliphatic heterocycles. The average molecular weight is 249 g/mol. The lowest BCUT2D eigenvalue weighted by Gasteiger charge is -2.36. The number of rotatable bonds is 3. The Bertz CT molecular complexity index is 373. The zero-order chi connectivity index (χ0) is 13.2. The molecule has 1 aliphatic rings. The van der Waals surface area contributed by atoms with E-state index < -0.39 is 0 Å². The van der Waals surface area contributed by atoms with Gasteiger partial charge in [0.05, 0.1) is 0 Å². The van der Waals surface area contributed by atoms with Gasteiger partial charge in [0.2, 0.25) is 0 Å². The number of hydrogen-bond acceptors (Lipinski definition) is 1. The van der Waals surface area contributed by atoms with E-state index >= 15 is 0 Å². The minimum absolute atomic E-state index is 0.162. The third-order valence-electron chi connectivity index (χ3n) is 4.19. The molecule has 1 nitrogen and oxygen atoms in total. The van der Waals surface area contributed by atoms with E-state index in [-0.39, 0.29) is 5.82 Å². The van der Waals surface area contributed by atoms with Crippen LogP contribution in [0.2, 0.25) is 0 Å². The van der Waals surface area contributed by atoms with Crippen LogP contribution in [0.15, 0.2) is 24.3 Å². The summed E-state index contributed by atoms with van der Waals surface area (Å²) in [5, 5.41) is 3.67. The topological polar surface area (TPSA) is 12.0 Å². The molecule has 0 amide bonds. The standard InChI is InChI=1S/C16H24FN/c1-12(13-4-6-14(17)7-5-13)18-15-8-10-16(2,3)11-9-15/h4-7,12,15,18H,8-11H2,1-3H3/t12-/m1/s1. The molecule has 100 valence electrons. The van der Waals surface area contributed by atoms with E-state index in [4.69, 9.17) is 0 Å². The maximum absolute atomic E-state index is 12.9. The Morgan fingerprint density at radius 3 is 2.28 bits per heavy atom. The second kappa shape index (κ2) is 5.40. The van der Waals surface area contributed by atoms with E-state index in [1.54, 1.807) is 0 Å². The summed E-state index contributed by atoms with van der Waals surface area (Å²) in [4.78, 5) is 0. The minimum atomic E-state index is -0.162. The molecule has 2 heteroatoms. The molecule has 0 bridgehead atoms. The van der Waals surface area contributed by atoms with Gasteiger partial charge in [-0.05, 0) is 55.7 Å². The van der Waals surface area contributed by atoms with Crippen LogP contribution in [-0.2, 0) is 0 Å². The van der Waals surface area contributed by atoms with Crippen LogP contribution in [0.25, 0.3) is 0 Å². The van der Waals surface area contributed by atoms with Gasteiger partial charge >= 0.3 is 0 Å². The van der Waals surface area contributed by atoms with Gasteiger partial charge in [-0.2, -0.15) is 0 Å². The molecule has 1 aliphatic carbocycles. The van der Waals surface area contributed by atoms with Crippen LogP contribution in [0.5, 0.6) is 0 Å². The van der Waals surface area contributed by atoms with E-state index in [1.165, 1.54) is 43.4 Å². The molecule has 18 heavy (non-hydrogen) atoms. The summed E-state index contributed by atoms with van der Waals surface area (Å²) in [5.41, 5.74) is 1.68. The monoisotopic (exact) mass is 249 g/mol. The lowest BCUT2D eigenvalue weighted by atomic mass is 9.75. The van der Waals surface area contributed by atoms with Crippen LogP contribution >= 0.6 is 0 Å². The van der Waals surface area contributed by atoms with Crippen molar-refractivity contribution in [3.05, 3.63) is 35.6 Å². The molecule has 0 saturated heterocycles. The number of halogens is 1. The Morgan fingerprint density at radius 1 is 1.17 bits per heavy atom. The van der Waals surface area contributed by atoms with Crippen LogP contribution in [0.3, 0.4) is 0 Å². The van der Waals surface area contributed by atoms with Gasteiger partial charge in [0, 0.05) is 12.1 Å². The van der Waals surface area contributed by atoms with Crippen LogP contribution in [0, 0.1) is 11.2 Å². The average Bonchev–Trinajstić information content (AvgIpc) is 2.33. The molecule has 2 rings (SSSR count). The second-order valence-electron chi connectivity index (χ2n) is 6.38.